The smallest absolute Gasteiger partial charge is 0.247 e. The van der Waals surface area contributed by atoms with E-state index in [1.54, 1.807) is 31.0 Å². The average Bonchev–Trinajstić information content (AvgIpc) is 3.48. The normalized spacial score (nSPS) is 25.8. The van der Waals surface area contributed by atoms with E-state index in [1.807, 2.05) is 6.92 Å². The summed E-state index contributed by atoms with van der Waals surface area (Å²) in [5, 5.41) is 9.61. The molecule has 156 valence electrons. The van der Waals surface area contributed by atoms with Gasteiger partial charge in [-0.2, -0.15) is 4.31 Å². The zero-order valence-electron chi connectivity index (χ0n) is 16.3. The molecule has 1 amide bonds. The summed E-state index contributed by atoms with van der Waals surface area (Å²) in [5.41, 5.74) is 0. The van der Waals surface area contributed by atoms with Crippen LogP contribution in [-0.2, 0) is 14.8 Å². The lowest BCUT2D eigenvalue weighted by atomic mass is 10.0. The Morgan fingerprint density at radius 1 is 1.43 bits per heavy atom. The number of hydrogen-bond donors (Lipinski definition) is 1. The first-order chi connectivity index (χ1) is 13.1. The molecule has 3 rings (SSSR count). The minimum absolute atomic E-state index is 0.0732. The Labute approximate surface area is 174 Å². The van der Waals surface area contributed by atoms with Crippen molar-refractivity contribution in [2.45, 2.75) is 43.7 Å². The van der Waals surface area contributed by atoms with E-state index in [-0.39, 0.29) is 47.6 Å². The Hall–Kier alpha value is -1.16. The molecule has 1 aliphatic heterocycles. The van der Waals surface area contributed by atoms with E-state index in [1.165, 1.54) is 10.4 Å². The van der Waals surface area contributed by atoms with E-state index in [2.05, 4.69) is 15.9 Å². The van der Waals surface area contributed by atoms with Crippen LogP contribution in [0, 0.1) is 11.8 Å². The third kappa shape index (κ3) is 4.37. The Morgan fingerprint density at radius 2 is 2.11 bits per heavy atom. The highest BCUT2D eigenvalue weighted by Gasteiger charge is 2.39. The van der Waals surface area contributed by atoms with Gasteiger partial charge in [0, 0.05) is 35.9 Å². The molecule has 1 fully saturated rings. The van der Waals surface area contributed by atoms with Gasteiger partial charge in [0.25, 0.3) is 0 Å². The number of carbonyl (C=O) groups excluding carboxylic acids is 1. The average molecular weight is 475 g/mol. The molecule has 1 saturated carbocycles. The van der Waals surface area contributed by atoms with Gasteiger partial charge in [-0.3, -0.25) is 4.79 Å². The Kier molecular flexibility index (Phi) is 6.38. The summed E-state index contributed by atoms with van der Waals surface area (Å²) in [4.78, 5) is 14.1. The van der Waals surface area contributed by atoms with Crippen LogP contribution < -0.4 is 4.74 Å². The van der Waals surface area contributed by atoms with Crippen molar-refractivity contribution < 1.29 is 23.1 Å². The molecule has 0 spiro atoms. The number of sulfonamides is 1. The number of rotatable bonds is 5. The van der Waals surface area contributed by atoms with E-state index in [0.717, 1.165) is 12.8 Å². The molecule has 1 aliphatic carbocycles. The van der Waals surface area contributed by atoms with Crippen LogP contribution in [-0.4, -0.2) is 67.5 Å². The molecule has 1 aromatic carbocycles. The molecular weight excluding hydrogens is 448 g/mol. The maximum Gasteiger partial charge on any atom is 0.247 e. The van der Waals surface area contributed by atoms with Gasteiger partial charge in [0.2, 0.25) is 15.9 Å². The van der Waals surface area contributed by atoms with Crippen molar-refractivity contribution in [1.29, 1.82) is 0 Å². The minimum atomic E-state index is -3.83. The number of benzene rings is 1. The molecule has 3 atom stereocenters. The number of hydrogen-bond acceptors (Lipinski definition) is 5. The molecule has 0 aromatic heterocycles. The third-order valence-corrected chi connectivity index (χ3v) is 7.90. The zero-order chi connectivity index (χ0) is 20.6. The lowest BCUT2D eigenvalue weighted by Gasteiger charge is -2.37. The fraction of sp³-hybridized carbons (Fsp3) is 0.632. The monoisotopic (exact) mass is 474 g/mol. The number of carbonyl (C=O) groups is 1. The molecular formula is C19H27BrN2O5S. The van der Waals surface area contributed by atoms with Crippen LogP contribution in [0.4, 0.5) is 0 Å². The van der Waals surface area contributed by atoms with Gasteiger partial charge in [-0.25, -0.2) is 8.42 Å². The second-order valence-electron chi connectivity index (χ2n) is 7.82. The number of likely N-dealkylation sites (N-methyl/N-ethyl adjacent to an activating group) is 1. The summed E-state index contributed by atoms with van der Waals surface area (Å²) in [6.07, 6.45) is 1.49. The van der Waals surface area contributed by atoms with E-state index in [4.69, 9.17) is 4.74 Å². The van der Waals surface area contributed by atoms with Crippen molar-refractivity contribution in [3.8, 4) is 5.75 Å². The lowest BCUT2D eigenvalue weighted by Crippen LogP contribution is -2.50. The molecule has 9 heteroatoms. The fourth-order valence-electron chi connectivity index (χ4n) is 3.42. The van der Waals surface area contributed by atoms with Crippen molar-refractivity contribution in [2.24, 2.45) is 11.8 Å². The first kappa shape index (κ1) is 21.5. The summed E-state index contributed by atoms with van der Waals surface area (Å²) in [6.45, 7) is 3.90. The van der Waals surface area contributed by atoms with E-state index in [9.17, 15) is 18.3 Å². The zero-order valence-corrected chi connectivity index (χ0v) is 18.7. The maximum absolute atomic E-state index is 13.2. The molecule has 28 heavy (non-hydrogen) atoms. The third-order valence-electron chi connectivity index (χ3n) is 5.39. The first-order valence-corrected chi connectivity index (χ1v) is 11.7. The van der Waals surface area contributed by atoms with Crippen LogP contribution in [0.2, 0.25) is 0 Å². The number of fused-ring (bicyclic) bond motifs is 1. The first-order valence-electron chi connectivity index (χ1n) is 9.49. The van der Waals surface area contributed by atoms with Crippen LogP contribution in [0.5, 0.6) is 5.75 Å². The van der Waals surface area contributed by atoms with E-state index < -0.39 is 16.1 Å². The minimum Gasteiger partial charge on any atom is -0.487 e. The van der Waals surface area contributed by atoms with Gasteiger partial charge in [-0.15, -0.1) is 0 Å². The van der Waals surface area contributed by atoms with Gasteiger partial charge in [0.15, 0.2) is 0 Å². The maximum atomic E-state index is 13.2. The summed E-state index contributed by atoms with van der Waals surface area (Å²) in [7, 11) is -2.06. The SMILES string of the molecule is C[C@H](CO)N1C[C@H](C)[C@@H](CN(C)C(=O)C2CC2)Oc2cc(Br)ccc2S1(=O)=O. The number of ether oxygens (including phenoxy) is 1. The van der Waals surface area contributed by atoms with Gasteiger partial charge in [-0.1, -0.05) is 22.9 Å². The molecule has 1 heterocycles. The van der Waals surface area contributed by atoms with Crippen molar-refractivity contribution in [1.82, 2.24) is 9.21 Å². The Bertz CT molecular complexity index is 843. The summed E-state index contributed by atoms with van der Waals surface area (Å²) in [5.74, 6) is 0.306. The summed E-state index contributed by atoms with van der Waals surface area (Å²) >= 11 is 3.37. The van der Waals surface area contributed by atoms with Crippen LogP contribution in [0.25, 0.3) is 0 Å². The molecule has 0 saturated heterocycles. The van der Waals surface area contributed by atoms with Gasteiger partial charge >= 0.3 is 0 Å². The molecule has 0 unspecified atom stereocenters. The molecule has 2 aliphatic rings. The number of aliphatic hydroxyl groups is 1. The lowest BCUT2D eigenvalue weighted by molar-refractivity contribution is -0.132. The van der Waals surface area contributed by atoms with Crippen molar-refractivity contribution in [3.63, 3.8) is 0 Å². The van der Waals surface area contributed by atoms with Gasteiger partial charge in [0.1, 0.15) is 16.7 Å². The second kappa shape index (κ2) is 8.30. The highest BCUT2D eigenvalue weighted by atomic mass is 79.9. The van der Waals surface area contributed by atoms with Crippen LogP contribution in [0.3, 0.4) is 0 Å². The number of aliphatic hydroxyl groups excluding tert-OH is 1. The predicted molar refractivity (Wildman–Crippen MR) is 109 cm³/mol. The predicted octanol–water partition coefficient (Wildman–Crippen LogP) is 2.09. The number of amides is 1. The fourth-order valence-corrected chi connectivity index (χ4v) is 5.59. The van der Waals surface area contributed by atoms with Crippen molar-refractivity contribution in [3.05, 3.63) is 22.7 Å². The van der Waals surface area contributed by atoms with Crippen LogP contribution in [0.1, 0.15) is 26.7 Å². The molecule has 1 aromatic rings. The molecule has 0 bridgehead atoms. The summed E-state index contributed by atoms with van der Waals surface area (Å²) in [6, 6.07) is 4.25. The molecule has 1 N–H and O–H groups in total. The standard InChI is InChI=1S/C19H27BrN2O5S/c1-12-9-22(13(2)11-23)28(25,26)18-7-6-15(20)8-16(18)27-17(12)10-21(3)19(24)14-4-5-14/h6-8,12-14,17,23H,4-5,9-11H2,1-3H3/t12-,13+,17+/m0/s1. The van der Waals surface area contributed by atoms with E-state index in [0.29, 0.717) is 11.0 Å². The highest BCUT2D eigenvalue weighted by molar-refractivity contribution is 9.10. The summed E-state index contributed by atoms with van der Waals surface area (Å²) < 4.78 is 34.6. The quantitative estimate of drug-likeness (QED) is 0.705. The number of nitrogens with zero attached hydrogens (tertiary/aromatic N) is 2. The van der Waals surface area contributed by atoms with E-state index >= 15 is 0 Å². The van der Waals surface area contributed by atoms with Gasteiger partial charge < -0.3 is 14.7 Å². The largest absolute Gasteiger partial charge is 0.487 e. The van der Waals surface area contributed by atoms with Gasteiger partial charge in [-0.05, 0) is 38.0 Å². The van der Waals surface area contributed by atoms with Gasteiger partial charge in [0.05, 0.1) is 13.2 Å². The Morgan fingerprint density at radius 3 is 2.71 bits per heavy atom. The van der Waals surface area contributed by atoms with Crippen molar-refractivity contribution >= 4 is 31.9 Å². The molecule has 7 nitrogen and oxygen atoms in total. The second-order valence-corrected chi connectivity index (χ2v) is 10.6. The van der Waals surface area contributed by atoms with Crippen LogP contribution >= 0.6 is 15.9 Å². The molecule has 0 radical (unpaired) electrons. The highest BCUT2D eigenvalue weighted by Crippen LogP contribution is 2.36. The van der Waals surface area contributed by atoms with Crippen molar-refractivity contribution in [2.75, 3.05) is 26.7 Å². The topological polar surface area (TPSA) is 87.2 Å². The van der Waals surface area contributed by atoms with Crippen LogP contribution in [0.15, 0.2) is 27.6 Å². The number of halogens is 1. The Balaban J connectivity index is 1.97.